The quantitative estimate of drug-likeness (QED) is 0.729. The molecule has 0 spiro atoms. The van der Waals surface area contributed by atoms with E-state index in [1.54, 1.807) is 0 Å². The van der Waals surface area contributed by atoms with Gasteiger partial charge in [0.2, 0.25) is 0 Å². The summed E-state index contributed by atoms with van der Waals surface area (Å²) in [5, 5.41) is 1.74. The lowest BCUT2D eigenvalue weighted by molar-refractivity contribution is 0.634. The Labute approximate surface area is 140 Å². The fourth-order valence-electron chi connectivity index (χ4n) is 2.13. The summed E-state index contributed by atoms with van der Waals surface area (Å²) in [4.78, 5) is 0. The highest BCUT2D eigenvalue weighted by atomic mass is 35.5. The molecule has 0 saturated heterocycles. The zero-order valence-electron chi connectivity index (χ0n) is 11.9. The second kappa shape index (κ2) is 8.09. The summed E-state index contributed by atoms with van der Waals surface area (Å²) in [6.07, 6.45) is 0.920. The molecule has 0 bridgehead atoms. The number of benzene rings is 2. The molecule has 2 aromatic carbocycles. The molecule has 2 atom stereocenters. The molecule has 0 aliphatic carbocycles. The zero-order valence-corrected chi connectivity index (χ0v) is 14.3. The predicted molar refractivity (Wildman–Crippen MR) is 95.2 cm³/mol. The molecule has 4 heteroatoms. The first-order valence-electron chi connectivity index (χ1n) is 6.98. The van der Waals surface area contributed by atoms with Crippen LogP contribution >= 0.6 is 35.0 Å². The van der Waals surface area contributed by atoms with Crippen molar-refractivity contribution in [3.05, 3.63) is 69.7 Å². The molecule has 0 heterocycles. The number of hydrogen-bond acceptors (Lipinski definition) is 2. The third kappa shape index (κ3) is 4.65. The van der Waals surface area contributed by atoms with Gasteiger partial charge in [0.25, 0.3) is 0 Å². The normalized spacial score (nSPS) is 13.9. The van der Waals surface area contributed by atoms with E-state index in [1.807, 2.05) is 42.1 Å². The Kier molecular flexibility index (Phi) is 6.43. The van der Waals surface area contributed by atoms with Gasteiger partial charge in [-0.2, -0.15) is 0 Å². The van der Waals surface area contributed by atoms with Gasteiger partial charge in [-0.15, -0.1) is 11.8 Å². The van der Waals surface area contributed by atoms with E-state index in [1.165, 1.54) is 5.56 Å². The van der Waals surface area contributed by atoms with Gasteiger partial charge in [0.05, 0.1) is 0 Å². The fourth-order valence-corrected chi connectivity index (χ4v) is 3.96. The van der Waals surface area contributed by atoms with Crippen molar-refractivity contribution in [2.75, 3.05) is 0 Å². The van der Waals surface area contributed by atoms with Crippen LogP contribution in [-0.2, 0) is 5.75 Å². The van der Waals surface area contributed by atoms with Gasteiger partial charge in [-0.25, -0.2) is 0 Å². The first kappa shape index (κ1) is 16.7. The largest absolute Gasteiger partial charge is 0.326 e. The molecular formula is C17H19Cl2NS. The molecular weight excluding hydrogens is 321 g/mol. The van der Waals surface area contributed by atoms with Crippen LogP contribution in [0.15, 0.2) is 48.5 Å². The smallest absolute Gasteiger partial charge is 0.0466 e. The lowest BCUT2D eigenvalue weighted by Crippen LogP contribution is -2.26. The van der Waals surface area contributed by atoms with Crippen molar-refractivity contribution in [3.8, 4) is 0 Å². The number of nitrogens with two attached hydrogens (primary N) is 1. The highest BCUT2D eigenvalue weighted by Crippen LogP contribution is 2.38. The molecule has 2 N–H and O–H groups in total. The lowest BCUT2D eigenvalue weighted by atomic mass is 10.0. The van der Waals surface area contributed by atoms with Gasteiger partial charge in [-0.1, -0.05) is 60.5 Å². The van der Waals surface area contributed by atoms with E-state index < -0.39 is 0 Å². The van der Waals surface area contributed by atoms with E-state index in [0.29, 0.717) is 0 Å². The molecule has 2 rings (SSSR count). The van der Waals surface area contributed by atoms with Crippen LogP contribution in [0.2, 0.25) is 10.0 Å². The molecule has 0 amide bonds. The summed E-state index contributed by atoms with van der Waals surface area (Å²) in [7, 11) is 0. The van der Waals surface area contributed by atoms with E-state index in [2.05, 4.69) is 25.1 Å². The Morgan fingerprint density at radius 2 is 1.71 bits per heavy atom. The summed E-state index contributed by atoms with van der Waals surface area (Å²) in [5.74, 6) is 0.890. The molecule has 2 unspecified atom stereocenters. The van der Waals surface area contributed by atoms with Crippen LogP contribution in [0.25, 0.3) is 0 Å². The molecule has 0 aromatic heterocycles. The van der Waals surface area contributed by atoms with Gasteiger partial charge in [-0.3, -0.25) is 0 Å². The van der Waals surface area contributed by atoms with Crippen LogP contribution in [0.4, 0.5) is 0 Å². The molecule has 2 aromatic rings. The first-order chi connectivity index (χ1) is 10.1. The second-order valence-corrected chi connectivity index (χ2v) is 6.93. The highest BCUT2D eigenvalue weighted by Gasteiger charge is 2.21. The average Bonchev–Trinajstić information content (AvgIpc) is 2.50. The number of thioether (sulfide) groups is 1. The van der Waals surface area contributed by atoms with Crippen LogP contribution in [0.1, 0.15) is 29.7 Å². The second-order valence-electron chi connectivity index (χ2n) is 4.95. The molecule has 21 heavy (non-hydrogen) atoms. The van der Waals surface area contributed by atoms with Crippen molar-refractivity contribution in [1.82, 2.24) is 0 Å². The van der Waals surface area contributed by atoms with Gasteiger partial charge in [0.15, 0.2) is 0 Å². The van der Waals surface area contributed by atoms with Crippen LogP contribution in [0, 0.1) is 0 Å². The maximum Gasteiger partial charge on any atom is 0.0466 e. The summed E-state index contributed by atoms with van der Waals surface area (Å²) in [5.41, 5.74) is 8.66. The fraction of sp³-hybridized carbons (Fsp3) is 0.294. The minimum Gasteiger partial charge on any atom is -0.326 e. The van der Waals surface area contributed by atoms with E-state index in [-0.39, 0.29) is 11.3 Å². The number of hydrogen-bond donors (Lipinski definition) is 1. The Hall–Kier alpha value is -0.670. The molecule has 1 nitrogen and oxygen atoms in total. The van der Waals surface area contributed by atoms with Crippen molar-refractivity contribution in [2.24, 2.45) is 5.73 Å². The molecule has 0 saturated carbocycles. The van der Waals surface area contributed by atoms with Crippen molar-refractivity contribution >= 4 is 35.0 Å². The predicted octanol–water partition coefficient (Wildman–Crippen LogP) is 5.71. The average molecular weight is 340 g/mol. The standard InChI is InChI=1S/C17H19Cl2NS/c1-2-16(20)17(14-5-3-4-6-15(14)19)21-11-12-7-9-13(18)10-8-12/h3-10,16-17H,2,11,20H2,1H3. The van der Waals surface area contributed by atoms with Crippen LogP contribution in [0.3, 0.4) is 0 Å². The van der Waals surface area contributed by atoms with Gasteiger partial charge in [-0.05, 0) is 35.7 Å². The molecule has 0 aliphatic rings. The first-order valence-corrected chi connectivity index (χ1v) is 8.78. The van der Waals surface area contributed by atoms with Crippen molar-refractivity contribution < 1.29 is 0 Å². The maximum absolute atomic E-state index is 6.34. The van der Waals surface area contributed by atoms with Crippen molar-refractivity contribution in [3.63, 3.8) is 0 Å². The van der Waals surface area contributed by atoms with Crippen molar-refractivity contribution in [2.45, 2.75) is 30.4 Å². The lowest BCUT2D eigenvalue weighted by Gasteiger charge is -2.24. The third-order valence-corrected chi connectivity index (χ3v) is 5.47. The third-order valence-electron chi connectivity index (χ3n) is 3.41. The minimum atomic E-state index is 0.0854. The Bertz CT molecular complexity index is 571. The van der Waals surface area contributed by atoms with E-state index in [9.17, 15) is 0 Å². The van der Waals surface area contributed by atoms with Crippen LogP contribution < -0.4 is 5.73 Å². The summed E-state index contributed by atoms with van der Waals surface area (Å²) >= 11 is 14.1. The van der Waals surface area contributed by atoms with Crippen LogP contribution in [-0.4, -0.2) is 6.04 Å². The highest BCUT2D eigenvalue weighted by molar-refractivity contribution is 7.98. The topological polar surface area (TPSA) is 26.0 Å². The summed E-state index contributed by atoms with van der Waals surface area (Å²) in [6.45, 7) is 2.11. The van der Waals surface area contributed by atoms with Gasteiger partial charge < -0.3 is 5.73 Å². The monoisotopic (exact) mass is 339 g/mol. The van der Waals surface area contributed by atoms with E-state index >= 15 is 0 Å². The molecule has 112 valence electrons. The molecule has 0 aliphatic heterocycles. The Morgan fingerprint density at radius 3 is 2.33 bits per heavy atom. The van der Waals surface area contributed by atoms with Gasteiger partial charge >= 0.3 is 0 Å². The SMILES string of the molecule is CCC(N)C(SCc1ccc(Cl)cc1)c1ccccc1Cl. The molecule has 0 radical (unpaired) electrons. The zero-order chi connectivity index (χ0) is 15.2. The Balaban J connectivity index is 2.14. The van der Waals surface area contributed by atoms with Crippen molar-refractivity contribution in [1.29, 1.82) is 0 Å². The maximum atomic E-state index is 6.34. The van der Waals surface area contributed by atoms with E-state index in [0.717, 1.165) is 27.8 Å². The van der Waals surface area contributed by atoms with E-state index in [4.69, 9.17) is 28.9 Å². The summed E-state index contributed by atoms with van der Waals surface area (Å²) < 4.78 is 0. The minimum absolute atomic E-state index is 0.0854. The number of rotatable bonds is 6. The molecule has 0 fully saturated rings. The van der Waals surface area contributed by atoms with Gasteiger partial charge in [0.1, 0.15) is 0 Å². The number of halogens is 2. The van der Waals surface area contributed by atoms with Crippen LogP contribution in [0.5, 0.6) is 0 Å². The Morgan fingerprint density at radius 1 is 1.05 bits per heavy atom. The summed E-state index contributed by atoms with van der Waals surface area (Å²) in [6, 6.07) is 16.0. The van der Waals surface area contributed by atoms with Gasteiger partial charge in [0, 0.05) is 27.1 Å².